The molecule has 1 aliphatic carbocycles. The van der Waals surface area contributed by atoms with Gasteiger partial charge in [-0.25, -0.2) is 0 Å². The number of fused-ring (bicyclic) bond motifs is 1. The van der Waals surface area contributed by atoms with Crippen molar-refractivity contribution in [2.45, 2.75) is 32.1 Å². The van der Waals surface area contributed by atoms with Crippen molar-refractivity contribution in [3.8, 4) is 0 Å². The van der Waals surface area contributed by atoms with Gasteiger partial charge in [-0.1, -0.05) is 18.0 Å². The van der Waals surface area contributed by atoms with Gasteiger partial charge >= 0.3 is 0 Å². The lowest BCUT2D eigenvalue weighted by molar-refractivity contribution is 0.706. The molecule has 0 fully saturated rings. The second-order valence-corrected chi connectivity index (χ2v) is 3.59. The first-order valence-corrected chi connectivity index (χ1v) is 4.75. The van der Waals surface area contributed by atoms with E-state index in [2.05, 4.69) is 10.2 Å². The van der Waals surface area contributed by atoms with Crippen LogP contribution in [0.4, 0.5) is 0 Å². The fourth-order valence-corrected chi connectivity index (χ4v) is 1.81. The molecule has 0 atom stereocenters. The summed E-state index contributed by atoms with van der Waals surface area (Å²) in [6, 6.07) is 1.95. The largest absolute Gasteiger partial charge is 0.154 e. The van der Waals surface area contributed by atoms with Crippen LogP contribution in [0, 0.1) is 0 Å². The molecule has 2 nitrogen and oxygen atoms in total. The first-order valence-electron chi connectivity index (χ1n) is 4.37. The second-order valence-electron chi connectivity index (χ2n) is 3.20. The van der Waals surface area contributed by atoms with E-state index < -0.39 is 0 Å². The summed E-state index contributed by atoms with van der Waals surface area (Å²) in [5, 5.41) is 8.47. The van der Waals surface area contributed by atoms with Crippen molar-refractivity contribution in [1.29, 1.82) is 0 Å². The highest BCUT2D eigenvalue weighted by Crippen LogP contribution is 2.19. The zero-order valence-corrected chi connectivity index (χ0v) is 7.64. The maximum Gasteiger partial charge on any atom is 0.152 e. The van der Waals surface area contributed by atoms with E-state index in [1.165, 1.54) is 24.8 Å². The summed E-state index contributed by atoms with van der Waals surface area (Å²) < 4.78 is 0. The van der Waals surface area contributed by atoms with Crippen LogP contribution in [0.2, 0.25) is 5.15 Å². The topological polar surface area (TPSA) is 25.8 Å². The molecule has 0 bridgehead atoms. The first kappa shape index (κ1) is 7.99. The Balaban J connectivity index is 2.36. The third-order valence-corrected chi connectivity index (χ3v) is 2.47. The van der Waals surface area contributed by atoms with Crippen molar-refractivity contribution in [2.24, 2.45) is 0 Å². The lowest BCUT2D eigenvalue weighted by Crippen LogP contribution is -1.97. The quantitative estimate of drug-likeness (QED) is 0.576. The van der Waals surface area contributed by atoms with Gasteiger partial charge in [0.25, 0.3) is 0 Å². The minimum Gasteiger partial charge on any atom is -0.154 e. The van der Waals surface area contributed by atoms with Gasteiger partial charge in [0.2, 0.25) is 0 Å². The Kier molecular flexibility index (Phi) is 2.26. The Hall–Kier alpha value is -0.630. The zero-order chi connectivity index (χ0) is 8.39. The molecule has 64 valence electrons. The van der Waals surface area contributed by atoms with Crippen molar-refractivity contribution >= 4 is 11.6 Å². The van der Waals surface area contributed by atoms with Crippen LogP contribution in [-0.2, 0) is 12.8 Å². The molecule has 0 radical (unpaired) electrons. The Morgan fingerprint density at radius 1 is 1.08 bits per heavy atom. The van der Waals surface area contributed by atoms with Gasteiger partial charge in [-0.2, -0.15) is 5.10 Å². The van der Waals surface area contributed by atoms with Gasteiger partial charge in [-0.15, -0.1) is 5.10 Å². The molecule has 0 saturated carbocycles. The maximum atomic E-state index is 5.76. The average molecular weight is 183 g/mol. The van der Waals surface area contributed by atoms with Crippen molar-refractivity contribution in [3.05, 3.63) is 22.5 Å². The van der Waals surface area contributed by atoms with Crippen LogP contribution in [0.15, 0.2) is 6.07 Å². The highest BCUT2D eigenvalue weighted by atomic mass is 35.5. The van der Waals surface area contributed by atoms with Crippen molar-refractivity contribution in [1.82, 2.24) is 10.2 Å². The second kappa shape index (κ2) is 3.40. The molecule has 1 heterocycles. The van der Waals surface area contributed by atoms with E-state index in [4.69, 9.17) is 11.6 Å². The molecule has 0 spiro atoms. The van der Waals surface area contributed by atoms with E-state index in [0.717, 1.165) is 18.5 Å². The van der Waals surface area contributed by atoms with E-state index in [1.54, 1.807) is 0 Å². The minimum atomic E-state index is 0.524. The molecule has 0 saturated heterocycles. The van der Waals surface area contributed by atoms with Crippen molar-refractivity contribution < 1.29 is 0 Å². The summed E-state index contributed by atoms with van der Waals surface area (Å²) in [6.07, 6.45) is 5.98. The summed E-state index contributed by atoms with van der Waals surface area (Å²) in [5.41, 5.74) is 2.45. The standard InChI is InChI=1S/C9H11ClN2/c10-9-6-7-4-2-1-3-5-8(7)11-12-9/h6H,1-5H2. The minimum absolute atomic E-state index is 0.524. The summed E-state index contributed by atoms with van der Waals surface area (Å²) >= 11 is 5.76. The number of aryl methyl sites for hydroxylation is 2. The lowest BCUT2D eigenvalue weighted by Gasteiger charge is -2.01. The Bertz CT molecular complexity index is 286. The number of aromatic nitrogens is 2. The normalized spacial score (nSPS) is 16.8. The summed E-state index contributed by atoms with van der Waals surface area (Å²) in [7, 11) is 0. The van der Waals surface area contributed by atoms with E-state index in [-0.39, 0.29) is 0 Å². The fourth-order valence-electron chi connectivity index (χ4n) is 1.64. The average Bonchev–Trinajstić information content (AvgIpc) is 2.28. The SMILES string of the molecule is Clc1cc2c(nn1)CCCCC2. The first-order chi connectivity index (χ1) is 5.86. The molecule has 12 heavy (non-hydrogen) atoms. The Morgan fingerprint density at radius 2 is 1.92 bits per heavy atom. The van der Waals surface area contributed by atoms with Crippen LogP contribution in [-0.4, -0.2) is 10.2 Å². The number of nitrogens with zero attached hydrogens (tertiary/aromatic N) is 2. The number of hydrogen-bond acceptors (Lipinski definition) is 2. The zero-order valence-electron chi connectivity index (χ0n) is 6.89. The number of rotatable bonds is 0. The molecule has 0 aromatic carbocycles. The molecule has 2 rings (SSSR count). The smallest absolute Gasteiger partial charge is 0.152 e. The molecule has 3 heteroatoms. The fraction of sp³-hybridized carbons (Fsp3) is 0.556. The van der Waals surface area contributed by atoms with Crippen LogP contribution in [0.1, 0.15) is 30.5 Å². The van der Waals surface area contributed by atoms with Crippen LogP contribution in [0.5, 0.6) is 0 Å². The highest BCUT2D eigenvalue weighted by molar-refractivity contribution is 6.29. The van der Waals surface area contributed by atoms with Crippen LogP contribution < -0.4 is 0 Å². The molecule has 1 aliphatic rings. The van der Waals surface area contributed by atoms with Crippen LogP contribution in [0.25, 0.3) is 0 Å². The third-order valence-electron chi connectivity index (χ3n) is 2.29. The van der Waals surface area contributed by atoms with Gasteiger partial charge in [0, 0.05) is 0 Å². The van der Waals surface area contributed by atoms with Gasteiger partial charge < -0.3 is 0 Å². The van der Waals surface area contributed by atoms with E-state index in [9.17, 15) is 0 Å². The molecule has 0 aliphatic heterocycles. The van der Waals surface area contributed by atoms with E-state index >= 15 is 0 Å². The summed E-state index contributed by atoms with van der Waals surface area (Å²) in [5.74, 6) is 0. The lowest BCUT2D eigenvalue weighted by atomic mass is 10.1. The van der Waals surface area contributed by atoms with Gasteiger partial charge in [0.05, 0.1) is 5.69 Å². The number of halogens is 1. The molecular formula is C9H11ClN2. The molecule has 0 N–H and O–H groups in total. The molecule has 1 aromatic rings. The monoisotopic (exact) mass is 182 g/mol. The summed E-state index contributed by atoms with van der Waals surface area (Å²) in [4.78, 5) is 0. The van der Waals surface area contributed by atoms with Crippen LogP contribution >= 0.6 is 11.6 Å². The molecular weight excluding hydrogens is 172 g/mol. The maximum absolute atomic E-state index is 5.76. The van der Waals surface area contributed by atoms with E-state index in [0.29, 0.717) is 5.15 Å². The van der Waals surface area contributed by atoms with Crippen LogP contribution in [0.3, 0.4) is 0 Å². The highest BCUT2D eigenvalue weighted by Gasteiger charge is 2.09. The van der Waals surface area contributed by atoms with E-state index in [1.807, 2.05) is 6.07 Å². The number of hydrogen-bond donors (Lipinski definition) is 0. The Morgan fingerprint density at radius 3 is 2.83 bits per heavy atom. The van der Waals surface area contributed by atoms with Gasteiger partial charge in [-0.3, -0.25) is 0 Å². The molecule has 1 aromatic heterocycles. The van der Waals surface area contributed by atoms with Gasteiger partial charge in [-0.05, 0) is 37.3 Å². The van der Waals surface area contributed by atoms with Gasteiger partial charge in [0.15, 0.2) is 5.15 Å². The van der Waals surface area contributed by atoms with Gasteiger partial charge in [0.1, 0.15) is 0 Å². The van der Waals surface area contributed by atoms with Crippen molar-refractivity contribution in [3.63, 3.8) is 0 Å². The molecule has 0 unspecified atom stereocenters. The van der Waals surface area contributed by atoms with Crippen molar-refractivity contribution in [2.75, 3.05) is 0 Å². The third kappa shape index (κ3) is 1.58. The predicted octanol–water partition coefficient (Wildman–Crippen LogP) is 2.40. The summed E-state index contributed by atoms with van der Waals surface area (Å²) in [6.45, 7) is 0. The molecule has 0 amide bonds. The predicted molar refractivity (Wildman–Crippen MR) is 48.3 cm³/mol. The Labute approximate surface area is 77.0 Å².